The molecule has 2 aromatic rings. The topological polar surface area (TPSA) is 178 Å². The number of rotatable bonds is 5. The second-order valence-corrected chi connectivity index (χ2v) is 7.00. The number of nitrogen functional groups attached to an aromatic ring is 1. The number of fused-ring (bicyclic) bond motifs is 1. The van der Waals surface area contributed by atoms with Gasteiger partial charge in [-0.15, -0.1) is 0 Å². The number of hydrogen-bond acceptors (Lipinski definition) is 11. The fourth-order valence-corrected chi connectivity index (χ4v) is 3.49. The molecule has 0 spiro atoms. The SMILES string of the molecule is CC(=O)OC[C@H]1O[C@](n2cnc3c(=O)[nH]c(N)nc32)(C(F)(F)F)[C@H](OC(C)=O)[C@@H]1OC(C)=O. The van der Waals surface area contributed by atoms with Crippen LogP contribution in [0, 0.1) is 0 Å². The molecule has 0 amide bonds. The first-order valence-corrected chi connectivity index (χ1v) is 9.23. The van der Waals surface area contributed by atoms with E-state index < -0.39 is 77.4 Å². The van der Waals surface area contributed by atoms with Crippen LogP contribution in [-0.4, -0.2) is 68.5 Å². The van der Waals surface area contributed by atoms with E-state index in [1.54, 1.807) is 0 Å². The molecule has 1 aliphatic rings. The molecule has 3 rings (SSSR count). The molecule has 0 unspecified atom stereocenters. The second kappa shape index (κ2) is 8.34. The molecule has 33 heavy (non-hydrogen) atoms. The zero-order valence-corrected chi connectivity index (χ0v) is 17.3. The Morgan fingerprint density at radius 1 is 1.21 bits per heavy atom. The molecule has 1 fully saturated rings. The van der Waals surface area contributed by atoms with Gasteiger partial charge in [-0.3, -0.25) is 28.7 Å². The van der Waals surface area contributed by atoms with Crippen molar-refractivity contribution in [3.63, 3.8) is 0 Å². The minimum Gasteiger partial charge on any atom is -0.463 e. The molecule has 3 N–H and O–H groups in total. The molecule has 0 bridgehead atoms. The van der Waals surface area contributed by atoms with E-state index in [1.807, 2.05) is 0 Å². The maximum atomic E-state index is 14.7. The molecule has 0 radical (unpaired) electrons. The summed E-state index contributed by atoms with van der Waals surface area (Å²) in [5.74, 6) is -3.58. The summed E-state index contributed by atoms with van der Waals surface area (Å²) in [5, 5.41) is 0. The van der Waals surface area contributed by atoms with Crippen molar-refractivity contribution in [3.05, 3.63) is 16.7 Å². The molecule has 1 aliphatic heterocycles. The number of carbonyl (C=O) groups is 3. The molecular weight excluding hydrogens is 459 g/mol. The number of ether oxygens (including phenoxy) is 4. The van der Waals surface area contributed by atoms with Crippen molar-refractivity contribution >= 4 is 35.0 Å². The number of hydrogen-bond donors (Lipinski definition) is 2. The summed E-state index contributed by atoms with van der Waals surface area (Å²) in [6.07, 6.45) is -10.7. The van der Waals surface area contributed by atoms with Crippen molar-refractivity contribution in [2.45, 2.75) is 51.0 Å². The Labute approximate surface area is 182 Å². The highest BCUT2D eigenvalue weighted by Crippen LogP contribution is 2.50. The van der Waals surface area contributed by atoms with Crippen molar-refractivity contribution in [1.82, 2.24) is 19.5 Å². The maximum Gasteiger partial charge on any atom is 0.441 e. The molecule has 0 aliphatic carbocycles. The summed E-state index contributed by atoms with van der Waals surface area (Å²) in [7, 11) is 0. The number of nitrogens with zero attached hydrogens (tertiary/aromatic N) is 3. The Bertz CT molecular complexity index is 1160. The van der Waals surface area contributed by atoms with Crippen molar-refractivity contribution in [2.75, 3.05) is 12.3 Å². The van der Waals surface area contributed by atoms with E-state index in [1.165, 1.54) is 0 Å². The number of imidazole rings is 1. The van der Waals surface area contributed by atoms with Gasteiger partial charge in [0.2, 0.25) is 5.95 Å². The van der Waals surface area contributed by atoms with E-state index in [4.69, 9.17) is 24.7 Å². The number of esters is 3. The lowest BCUT2D eigenvalue weighted by Crippen LogP contribution is -2.57. The lowest BCUT2D eigenvalue weighted by Gasteiger charge is -2.36. The van der Waals surface area contributed by atoms with Crippen LogP contribution < -0.4 is 11.3 Å². The summed E-state index contributed by atoms with van der Waals surface area (Å²) >= 11 is 0. The van der Waals surface area contributed by atoms with Gasteiger partial charge in [0.1, 0.15) is 19.0 Å². The van der Waals surface area contributed by atoms with Gasteiger partial charge in [0.25, 0.3) is 11.3 Å². The Morgan fingerprint density at radius 3 is 2.39 bits per heavy atom. The highest BCUT2D eigenvalue weighted by atomic mass is 19.4. The van der Waals surface area contributed by atoms with E-state index in [2.05, 4.69) is 15.0 Å². The first-order valence-electron chi connectivity index (χ1n) is 9.23. The Balaban J connectivity index is 2.31. The highest BCUT2D eigenvalue weighted by molar-refractivity contribution is 5.71. The van der Waals surface area contributed by atoms with Gasteiger partial charge < -0.3 is 24.7 Å². The van der Waals surface area contributed by atoms with Crippen molar-refractivity contribution in [2.24, 2.45) is 0 Å². The van der Waals surface area contributed by atoms with Crippen LogP contribution >= 0.6 is 0 Å². The number of carbonyl (C=O) groups excluding carboxylic acids is 3. The maximum absolute atomic E-state index is 14.7. The lowest BCUT2D eigenvalue weighted by molar-refractivity contribution is -0.331. The average Bonchev–Trinajstić information content (AvgIpc) is 3.20. The summed E-state index contributed by atoms with van der Waals surface area (Å²) in [5.41, 5.74) is -0.229. The second-order valence-electron chi connectivity index (χ2n) is 7.00. The first-order chi connectivity index (χ1) is 15.3. The van der Waals surface area contributed by atoms with Crippen LogP contribution in [0.3, 0.4) is 0 Å². The molecule has 180 valence electrons. The Kier molecular flexibility index (Phi) is 6.06. The first kappa shape index (κ1) is 24.0. The van der Waals surface area contributed by atoms with E-state index >= 15 is 0 Å². The van der Waals surface area contributed by atoms with Crippen LogP contribution in [0.5, 0.6) is 0 Å². The number of nitrogens with two attached hydrogens (primary N) is 1. The molecule has 13 nitrogen and oxygen atoms in total. The van der Waals surface area contributed by atoms with Crippen LogP contribution in [0.2, 0.25) is 0 Å². The Hall–Kier alpha value is -3.69. The van der Waals surface area contributed by atoms with Gasteiger partial charge in [0.15, 0.2) is 23.4 Å². The number of aromatic nitrogens is 4. The van der Waals surface area contributed by atoms with Crippen LogP contribution in [0.4, 0.5) is 19.1 Å². The molecule has 16 heteroatoms. The van der Waals surface area contributed by atoms with Gasteiger partial charge in [-0.1, -0.05) is 0 Å². The predicted molar refractivity (Wildman–Crippen MR) is 99.2 cm³/mol. The molecular formula is C17H18F3N5O8. The van der Waals surface area contributed by atoms with E-state index in [9.17, 15) is 32.3 Å². The number of H-pyrrole nitrogens is 1. The zero-order chi connectivity index (χ0) is 24.7. The third-order valence-corrected chi connectivity index (χ3v) is 4.62. The zero-order valence-electron chi connectivity index (χ0n) is 17.3. The monoisotopic (exact) mass is 477 g/mol. The summed E-state index contributed by atoms with van der Waals surface area (Å²) in [4.78, 5) is 56.2. The van der Waals surface area contributed by atoms with Crippen molar-refractivity contribution in [1.29, 1.82) is 0 Å². The molecule has 0 aromatic carbocycles. The summed E-state index contributed by atoms with van der Waals surface area (Å²) in [6, 6.07) is 0. The minimum atomic E-state index is -5.37. The van der Waals surface area contributed by atoms with Gasteiger partial charge >= 0.3 is 24.1 Å². The highest BCUT2D eigenvalue weighted by Gasteiger charge is 2.74. The lowest BCUT2D eigenvalue weighted by atomic mass is 10.0. The minimum absolute atomic E-state index is 0.311. The van der Waals surface area contributed by atoms with Gasteiger partial charge in [-0.2, -0.15) is 18.2 Å². The van der Waals surface area contributed by atoms with E-state index in [0.717, 1.165) is 20.8 Å². The quantitative estimate of drug-likeness (QED) is 0.428. The molecule has 0 saturated carbocycles. The molecule has 1 saturated heterocycles. The third-order valence-electron chi connectivity index (χ3n) is 4.62. The Morgan fingerprint density at radius 2 is 1.85 bits per heavy atom. The summed E-state index contributed by atoms with van der Waals surface area (Å²) in [6.45, 7) is 1.96. The molecule has 2 aromatic heterocycles. The van der Waals surface area contributed by atoms with Gasteiger partial charge in [0, 0.05) is 20.8 Å². The summed E-state index contributed by atoms with van der Waals surface area (Å²) < 4.78 is 64.5. The van der Waals surface area contributed by atoms with Gasteiger partial charge in [-0.25, -0.2) is 4.98 Å². The number of alkyl halides is 3. The standard InChI is InChI=1S/C17H18F3N5O8/c1-6(26)30-4-9-11(31-7(2)27)12(32-8(3)28)16(33-9,17(18,19)20)25-5-22-10-13(25)23-15(21)24-14(10)29/h5,9,11-12H,4H2,1-3H3,(H3,21,23,24,29)/t9-,11-,12-,16+/m1/s1. The normalized spacial score (nSPS) is 25.1. The smallest absolute Gasteiger partial charge is 0.441 e. The average molecular weight is 477 g/mol. The number of anilines is 1. The molecule has 4 atom stereocenters. The van der Waals surface area contributed by atoms with Crippen LogP contribution in [0.25, 0.3) is 11.2 Å². The number of aromatic amines is 1. The van der Waals surface area contributed by atoms with Crippen LogP contribution in [0.15, 0.2) is 11.1 Å². The molecule has 3 heterocycles. The van der Waals surface area contributed by atoms with Gasteiger partial charge in [0.05, 0.1) is 0 Å². The number of nitrogens with one attached hydrogen (secondary N) is 1. The van der Waals surface area contributed by atoms with Crippen molar-refractivity contribution < 1.29 is 46.5 Å². The van der Waals surface area contributed by atoms with Crippen molar-refractivity contribution in [3.8, 4) is 0 Å². The largest absolute Gasteiger partial charge is 0.463 e. The van der Waals surface area contributed by atoms with Crippen LogP contribution in [-0.2, 0) is 39.1 Å². The van der Waals surface area contributed by atoms with E-state index in [0.29, 0.717) is 10.9 Å². The third kappa shape index (κ3) is 4.20. The van der Waals surface area contributed by atoms with Gasteiger partial charge in [-0.05, 0) is 0 Å². The predicted octanol–water partition coefficient (Wildman–Crippen LogP) is -0.258. The fourth-order valence-electron chi connectivity index (χ4n) is 3.49. The van der Waals surface area contributed by atoms with Crippen LogP contribution in [0.1, 0.15) is 20.8 Å². The number of halogens is 3. The fraction of sp³-hybridized carbons (Fsp3) is 0.529. The van der Waals surface area contributed by atoms with E-state index in [-0.39, 0.29) is 0 Å².